The maximum absolute atomic E-state index is 12.1. The number of nitrogens with one attached hydrogen (secondary N) is 1. The van der Waals surface area contributed by atoms with Crippen LogP contribution < -0.4 is 10.1 Å². The van der Waals surface area contributed by atoms with Crippen LogP contribution >= 0.6 is 11.3 Å². The molecule has 9 heteroatoms. The molecule has 2 heterocycles. The van der Waals surface area contributed by atoms with Gasteiger partial charge in [-0.25, -0.2) is 4.98 Å². The molecule has 0 saturated carbocycles. The van der Waals surface area contributed by atoms with Crippen molar-refractivity contribution < 1.29 is 14.5 Å². The lowest BCUT2D eigenvalue weighted by atomic mass is 10.1. The number of pyridine rings is 1. The Bertz CT molecular complexity index is 1020. The third-order valence-corrected chi connectivity index (χ3v) is 4.50. The van der Waals surface area contributed by atoms with Crippen molar-refractivity contribution >= 4 is 38.4 Å². The second kappa shape index (κ2) is 7.04. The number of aryl methyl sites for hydroxylation is 3. The number of ether oxygens (including phenoxy) is 1. The van der Waals surface area contributed by atoms with Crippen LogP contribution in [0.3, 0.4) is 0 Å². The first-order valence-electron chi connectivity index (χ1n) is 7.76. The van der Waals surface area contributed by atoms with E-state index in [1.165, 1.54) is 17.4 Å². The van der Waals surface area contributed by atoms with Gasteiger partial charge in [-0.05, 0) is 53.1 Å². The molecule has 1 amide bonds. The van der Waals surface area contributed by atoms with Crippen LogP contribution in [0.1, 0.15) is 16.8 Å². The van der Waals surface area contributed by atoms with E-state index in [0.717, 1.165) is 21.3 Å². The smallest absolute Gasteiger partial charge is 0.406 e. The molecule has 134 valence electrons. The number of amides is 1. The fourth-order valence-corrected chi connectivity index (χ4v) is 3.55. The van der Waals surface area contributed by atoms with Crippen molar-refractivity contribution in [3.63, 3.8) is 0 Å². The largest absolute Gasteiger partial charge is 0.476 e. The van der Waals surface area contributed by atoms with Gasteiger partial charge in [0.2, 0.25) is 5.75 Å². The summed E-state index contributed by atoms with van der Waals surface area (Å²) in [6.45, 7) is 5.23. The number of aromatic nitrogens is 2. The highest BCUT2D eigenvalue weighted by Crippen LogP contribution is 2.29. The lowest BCUT2D eigenvalue weighted by Gasteiger charge is -2.06. The van der Waals surface area contributed by atoms with Gasteiger partial charge in [0, 0.05) is 6.92 Å². The van der Waals surface area contributed by atoms with Crippen LogP contribution in [0, 0.1) is 30.9 Å². The molecule has 3 rings (SSSR count). The Morgan fingerprint density at radius 3 is 2.77 bits per heavy atom. The van der Waals surface area contributed by atoms with Gasteiger partial charge in [0.15, 0.2) is 11.7 Å². The molecule has 0 atom stereocenters. The fraction of sp³-hybridized carbons (Fsp3) is 0.235. The lowest BCUT2D eigenvalue weighted by molar-refractivity contribution is -0.390. The summed E-state index contributed by atoms with van der Waals surface area (Å²) in [5, 5.41) is 14.1. The monoisotopic (exact) mass is 372 g/mol. The first kappa shape index (κ1) is 17.7. The molecule has 0 fully saturated rings. The van der Waals surface area contributed by atoms with Crippen LogP contribution in [0.15, 0.2) is 24.3 Å². The van der Waals surface area contributed by atoms with Crippen LogP contribution in [0.5, 0.6) is 5.75 Å². The Kier molecular flexibility index (Phi) is 4.81. The quantitative estimate of drug-likeness (QED) is 0.542. The Labute approximate surface area is 153 Å². The summed E-state index contributed by atoms with van der Waals surface area (Å²) in [4.78, 5) is 30.7. The van der Waals surface area contributed by atoms with Crippen LogP contribution in [-0.2, 0) is 4.79 Å². The maximum Gasteiger partial charge on any atom is 0.406 e. The van der Waals surface area contributed by atoms with Gasteiger partial charge in [0.1, 0.15) is 5.69 Å². The normalized spacial score (nSPS) is 10.7. The zero-order valence-electron chi connectivity index (χ0n) is 14.4. The van der Waals surface area contributed by atoms with Gasteiger partial charge in [-0.3, -0.25) is 10.1 Å². The standard InChI is InChI=1S/C17H16N4O4S/c1-9-6-10(2)15-13(7-9)26-17(20-15)19-14(22)8-25-12-5-4-11(3)18-16(12)21(23)24/h4-7H,8H2,1-3H3,(H,19,20,22). The molecule has 0 unspecified atom stereocenters. The van der Waals surface area contributed by atoms with Crippen LogP contribution in [0.25, 0.3) is 10.2 Å². The third kappa shape index (κ3) is 3.77. The summed E-state index contributed by atoms with van der Waals surface area (Å²) in [7, 11) is 0. The molecule has 2 aromatic heterocycles. The summed E-state index contributed by atoms with van der Waals surface area (Å²) in [6.07, 6.45) is 0. The van der Waals surface area contributed by atoms with E-state index in [1.54, 1.807) is 13.0 Å². The summed E-state index contributed by atoms with van der Waals surface area (Å²) < 4.78 is 6.25. The highest BCUT2D eigenvalue weighted by Gasteiger charge is 2.19. The van der Waals surface area contributed by atoms with Crippen molar-refractivity contribution in [3.8, 4) is 5.75 Å². The maximum atomic E-state index is 12.1. The van der Waals surface area contributed by atoms with Crippen molar-refractivity contribution in [2.45, 2.75) is 20.8 Å². The second-order valence-corrected chi connectivity index (χ2v) is 6.85. The molecule has 0 aliphatic heterocycles. The van der Waals surface area contributed by atoms with E-state index in [2.05, 4.69) is 15.3 Å². The number of rotatable bonds is 5. The molecule has 0 saturated heterocycles. The van der Waals surface area contributed by atoms with E-state index in [1.807, 2.05) is 26.0 Å². The first-order valence-corrected chi connectivity index (χ1v) is 8.57. The summed E-state index contributed by atoms with van der Waals surface area (Å²) in [5.74, 6) is -0.913. The molecule has 3 aromatic rings. The van der Waals surface area contributed by atoms with Gasteiger partial charge in [-0.1, -0.05) is 17.4 Å². The van der Waals surface area contributed by atoms with E-state index in [4.69, 9.17) is 4.74 Å². The molecule has 0 aliphatic rings. The Balaban J connectivity index is 1.70. The van der Waals surface area contributed by atoms with Crippen molar-refractivity contribution in [1.29, 1.82) is 0 Å². The predicted octanol–water partition coefficient (Wildman–Crippen LogP) is 3.54. The summed E-state index contributed by atoms with van der Waals surface area (Å²) >= 11 is 1.37. The molecular formula is C17H16N4O4S. The van der Waals surface area contributed by atoms with Crippen molar-refractivity contribution in [3.05, 3.63) is 51.2 Å². The van der Waals surface area contributed by atoms with Crippen molar-refractivity contribution in [2.24, 2.45) is 0 Å². The topological polar surface area (TPSA) is 107 Å². The molecule has 0 aliphatic carbocycles. The highest BCUT2D eigenvalue weighted by atomic mass is 32.1. The van der Waals surface area contributed by atoms with Gasteiger partial charge in [-0.2, -0.15) is 0 Å². The van der Waals surface area contributed by atoms with Crippen molar-refractivity contribution in [1.82, 2.24) is 9.97 Å². The molecule has 0 bridgehead atoms. The number of thiazole rings is 1. The number of nitro groups is 1. The van der Waals surface area contributed by atoms with Gasteiger partial charge >= 0.3 is 5.82 Å². The average Bonchev–Trinajstić information content (AvgIpc) is 2.96. The number of carbonyl (C=O) groups excluding carboxylic acids is 1. The summed E-state index contributed by atoms with van der Waals surface area (Å²) in [6, 6.07) is 7.05. The zero-order valence-corrected chi connectivity index (χ0v) is 15.2. The SMILES string of the molecule is Cc1cc(C)c2nc(NC(=O)COc3ccc(C)nc3[N+](=O)[O-])sc2c1. The Morgan fingerprint density at radius 1 is 1.27 bits per heavy atom. The van der Waals surface area contributed by atoms with Gasteiger partial charge < -0.3 is 14.9 Å². The number of benzene rings is 1. The van der Waals surface area contributed by atoms with E-state index >= 15 is 0 Å². The van der Waals surface area contributed by atoms with Gasteiger partial charge in [0.05, 0.1) is 10.2 Å². The minimum absolute atomic E-state index is 0.0495. The summed E-state index contributed by atoms with van der Waals surface area (Å²) in [5.41, 5.74) is 3.50. The van der Waals surface area contributed by atoms with E-state index in [9.17, 15) is 14.9 Å². The molecule has 0 spiro atoms. The lowest BCUT2D eigenvalue weighted by Crippen LogP contribution is -2.20. The number of carbonyl (C=O) groups is 1. The van der Waals surface area contributed by atoms with Crippen LogP contribution in [0.2, 0.25) is 0 Å². The predicted molar refractivity (Wildman–Crippen MR) is 98.8 cm³/mol. The van der Waals surface area contributed by atoms with E-state index in [0.29, 0.717) is 10.8 Å². The molecule has 26 heavy (non-hydrogen) atoms. The van der Waals surface area contributed by atoms with E-state index in [-0.39, 0.29) is 12.4 Å². The number of hydrogen-bond acceptors (Lipinski definition) is 7. The van der Waals surface area contributed by atoms with Crippen LogP contribution in [0.4, 0.5) is 10.9 Å². The van der Waals surface area contributed by atoms with Gasteiger partial charge in [-0.15, -0.1) is 0 Å². The number of nitrogens with zero attached hydrogens (tertiary/aromatic N) is 3. The molecule has 8 nitrogen and oxygen atoms in total. The first-order chi connectivity index (χ1) is 12.3. The van der Waals surface area contributed by atoms with Gasteiger partial charge in [0.25, 0.3) is 5.91 Å². The minimum atomic E-state index is -0.640. The molecule has 1 N–H and O–H groups in total. The second-order valence-electron chi connectivity index (χ2n) is 5.82. The van der Waals surface area contributed by atoms with E-state index < -0.39 is 16.6 Å². The number of hydrogen-bond donors (Lipinski definition) is 1. The van der Waals surface area contributed by atoms with Crippen molar-refractivity contribution in [2.75, 3.05) is 11.9 Å². The fourth-order valence-electron chi connectivity index (χ4n) is 2.50. The average molecular weight is 372 g/mol. The number of fused-ring (bicyclic) bond motifs is 1. The zero-order chi connectivity index (χ0) is 18.8. The molecule has 0 radical (unpaired) electrons. The third-order valence-electron chi connectivity index (χ3n) is 3.59. The highest BCUT2D eigenvalue weighted by molar-refractivity contribution is 7.22. The molecular weight excluding hydrogens is 356 g/mol. The Morgan fingerprint density at radius 2 is 2.04 bits per heavy atom. The number of anilines is 1. The minimum Gasteiger partial charge on any atom is -0.476 e. The van der Waals surface area contributed by atoms with Crippen LogP contribution in [-0.4, -0.2) is 27.4 Å². The molecule has 1 aromatic carbocycles. The Hall–Kier alpha value is -3.07.